The molecule has 1 aromatic carbocycles. The Kier molecular flexibility index (Phi) is 2.41. The second kappa shape index (κ2) is 3.44. The maximum absolute atomic E-state index is 13.3. The summed E-state index contributed by atoms with van der Waals surface area (Å²) in [5, 5.41) is 0.488. The fraction of sp³-hybridized carbons (Fsp3) is 0. The fourth-order valence-electron chi connectivity index (χ4n) is 1.18. The van der Waals surface area contributed by atoms with Gasteiger partial charge in [-0.3, -0.25) is 4.98 Å². The molecule has 5 heteroatoms. The topological polar surface area (TPSA) is 12.9 Å². The lowest BCUT2D eigenvalue weighted by Gasteiger charge is -2.03. The number of nitrogens with zero attached hydrogens (tertiary/aromatic N) is 1. The van der Waals surface area contributed by atoms with E-state index in [1.54, 1.807) is 0 Å². The Balaban J connectivity index is 2.95. The monoisotopic (exact) mass is 277 g/mol. The highest BCUT2D eigenvalue weighted by molar-refractivity contribution is 9.10. The summed E-state index contributed by atoms with van der Waals surface area (Å²) in [7, 11) is 0. The molecule has 1 aromatic heterocycles. The van der Waals surface area contributed by atoms with E-state index in [9.17, 15) is 8.78 Å². The molecule has 0 spiro atoms. The molecular formula is C9H3BrClF2N. The number of halogens is 4. The average molecular weight is 278 g/mol. The molecule has 0 aliphatic carbocycles. The van der Waals surface area contributed by atoms with Crippen LogP contribution in [0, 0.1) is 11.6 Å². The van der Waals surface area contributed by atoms with E-state index in [0.29, 0.717) is 9.50 Å². The van der Waals surface area contributed by atoms with Gasteiger partial charge in [-0.1, -0.05) is 11.6 Å². The lowest BCUT2D eigenvalue weighted by molar-refractivity contribution is 0.591. The zero-order valence-electron chi connectivity index (χ0n) is 6.69. The van der Waals surface area contributed by atoms with Gasteiger partial charge in [0, 0.05) is 18.3 Å². The Morgan fingerprint density at radius 2 is 2.00 bits per heavy atom. The van der Waals surface area contributed by atoms with Gasteiger partial charge in [-0.15, -0.1) is 0 Å². The maximum atomic E-state index is 13.3. The van der Waals surface area contributed by atoms with Gasteiger partial charge in [0.05, 0.1) is 20.4 Å². The van der Waals surface area contributed by atoms with Crippen molar-refractivity contribution >= 4 is 38.4 Å². The molecule has 0 bridgehead atoms. The number of rotatable bonds is 0. The molecule has 0 radical (unpaired) electrons. The molecule has 14 heavy (non-hydrogen) atoms. The molecule has 0 N–H and O–H groups in total. The first-order valence-corrected chi connectivity index (χ1v) is 4.85. The first kappa shape index (κ1) is 9.80. The third-order valence-corrected chi connectivity index (χ3v) is 3.12. The van der Waals surface area contributed by atoms with Crippen LogP contribution in [-0.2, 0) is 0 Å². The standard InChI is InChI=1S/C9H3BrClF2N/c10-9-5(11)3-14-7-2-4(12)1-6(13)8(7)9/h1-3H. The highest BCUT2D eigenvalue weighted by Crippen LogP contribution is 2.31. The van der Waals surface area contributed by atoms with Gasteiger partial charge in [-0.25, -0.2) is 8.78 Å². The number of hydrogen-bond acceptors (Lipinski definition) is 1. The summed E-state index contributed by atoms with van der Waals surface area (Å²) in [6.45, 7) is 0. The summed E-state index contributed by atoms with van der Waals surface area (Å²) < 4.78 is 26.5. The lowest BCUT2D eigenvalue weighted by Crippen LogP contribution is -1.88. The van der Waals surface area contributed by atoms with Crippen LogP contribution in [0.2, 0.25) is 5.02 Å². The van der Waals surface area contributed by atoms with E-state index in [1.807, 2.05) is 0 Å². The van der Waals surface area contributed by atoms with Crippen molar-refractivity contribution in [3.63, 3.8) is 0 Å². The van der Waals surface area contributed by atoms with E-state index in [4.69, 9.17) is 11.6 Å². The number of benzene rings is 1. The van der Waals surface area contributed by atoms with Gasteiger partial charge < -0.3 is 0 Å². The largest absolute Gasteiger partial charge is 0.254 e. The molecular weight excluding hydrogens is 275 g/mol. The van der Waals surface area contributed by atoms with Crippen LogP contribution in [0.15, 0.2) is 22.8 Å². The summed E-state index contributed by atoms with van der Waals surface area (Å²) in [6, 6.07) is 1.95. The van der Waals surface area contributed by atoms with Gasteiger partial charge in [-0.2, -0.15) is 0 Å². The first-order chi connectivity index (χ1) is 6.59. The van der Waals surface area contributed by atoms with Gasteiger partial charge in [0.15, 0.2) is 0 Å². The Morgan fingerprint density at radius 3 is 2.71 bits per heavy atom. The molecule has 1 nitrogen and oxygen atoms in total. The Labute approximate surface area is 91.8 Å². The highest BCUT2D eigenvalue weighted by atomic mass is 79.9. The minimum Gasteiger partial charge on any atom is -0.254 e. The molecule has 0 saturated carbocycles. The fourth-order valence-corrected chi connectivity index (χ4v) is 1.82. The van der Waals surface area contributed by atoms with E-state index in [0.717, 1.165) is 12.1 Å². The number of pyridine rings is 1. The van der Waals surface area contributed by atoms with Gasteiger partial charge in [-0.05, 0) is 15.9 Å². The number of hydrogen-bond donors (Lipinski definition) is 0. The molecule has 2 aromatic rings. The predicted molar refractivity (Wildman–Crippen MR) is 54.4 cm³/mol. The summed E-state index contributed by atoms with van der Waals surface area (Å²) in [6.07, 6.45) is 1.34. The molecule has 0 fully saturated rings. The molecule has 0 atom stereocenters. The zero-order chi connectivity index (χ0) is 10.3. The van der Waals surface area contributed by atoms with Crippen molar-refractivity contribution in [2.45, 2.75) is 0 Å². The van der Waals surface area contributed by atoms with Crippen molar-refractivity contribution in [2.24, 2.45) is 0 Å². The van der Waals surface area contributed by atoms with Crippen molar-refractivity contribution in [3.8, 4) is 0 Å². The molecule has 72 valence electrons. The van der Waals surface area contributed by atoms with Crippen LogP contribution < -0.4 is 0 Å². The first-order valence-electron chi connectivity index (χ1n) is 3.68. The summed E-state index contributed by atoms with van der Waals surface area (Å²) >= 11 is 8.85. The molecule has 0 aliphatic rings. The minimum absolute atomic E-state index is 0.193. The van der Waals surface area contributed by atoms with Crippen LogP contribution >= 0.6 is 27.5 Å². The van der Waals surface area contributed by atoms with Crippen LogP contribution in [0.1, 0.15) is 0 Å². The highest BCUT2D eigenvalue weighted by Gasteiger charge is 2.10. The second-order valence-electron chi connectivity index (χ2n) is 2.70. The lowest BCUT2D eigenvalue weighted by atomic mass is 10.2. The Morgan fingerprint density at radius 1 is 1.29 bits per heavy atom. The van der Waals surface area contributed by atoms with E-state index in [1.165, 1.54) is 6.20 Å². The second-order valence-corrected chi connectivity index (χ2v) is 3.90. The van der Waals surface area contributed by atoms with Crippen LogP contribution in [0.4, 0.5) is 8.78 Å². The maximum Gasteiger partial charge on any atom is 0.136 e. The third kappa shape index (κ3) is 1.48. The molecule has 0 unspecified atom stereocenters. The van der Waals surface area contributed by atoms with Crippen molar-refractivity contribution in [3.05, 3.63) is 39.5 Å². The van der Waals surface area contributed by atoms with Crippen LogP contribution in [0.5, 0.6) is 0 Å². The minimum atomic E-state index is -0.679. The zero-order valence-corrected chi connectivity index (χ0v) is 9.03. The van der Waals surface area contributed by atoms with Gasteiger partial charge in [0.25, 0.3) is 0 Å². The molecule has 1 heterocycles. The van der Waals surface area contributed by atoms with E-state index in [2.05, 4.69) is 20.9 Å². The number of aromatic nitrogens is 1. The van der Waals surface area contributed by atoms with Gasteiger partial charge in [0.2, 0.25) is 0 Å². The molecule has 2 rings (SSSR count). The summed E-state index contributed by atoms with van der Waals surface area (Å²) in [5.74, 6) is -1.33. The normalized spacial score (nSPS) is 10.9. The van der Waals surface area contributed by atoms with Crippen molar-refractivity contribution in [2.75, 3.05) is 0 Å². The van der Waals surface area contributed by atoms with E-state index in [-0.39, 0.29) is 10.9 Å². The molecule has 0 aliphatic heterocycles. The van der Waals surface area contributed by atoms with Crippen LogP contribution in [-0.4, -0.2) is 4.98 Å². The predicted octanol–water partition coefficient (Wildman–Crippen LogP) is 3.93. The van der Waals surface area contributed by atoms with E-state index >= 15 is 0 Å². The van der Waals surface area contributed by atoms with Gasteiger partial charge >= 0.3 is 0 Å². The summed E-state index contributed by atoms with van der Waals surface area (Å²) in [5.41, 5.74) is 0.235. The Bertz CT molecular complexity index is 516. The molecule has 0 saturated heterocycles. The van der Waals surface area contributed by atoms with Gasteiger partial charge in [0.1, 0.15) is 11.6 Å². The molecule has 0 amide bonds. The van der Waals surface area contributed by atoms with Crippen LogP contribution in [0.3, 0.4) is 0 Å². The Hall–Kier alpha value is -0.740. The number of fused-ring (bicyclic) bond motifs is 1. The van der Waals surface area contributed by atoms with Crippen molar-refractivity contribution in [1.82, 2.24) is 4.98 Å². The SMILES string of the molecule is Fc1cc(F)c2c(Br)c(Cl)cnc2c1. The smallest absolute Gasteiger partial charge is 0.136 e. The third-order valence-electron chi connectivity index (χ3n) is 1.78. The van der Waals surface area contributed by atoms with Crippen LogP contribution in [0.25, 0.3) is 10.9 Å². The average Bonchev–Trinajstić information content (AvgIpc) is 2.10. The van der Waals surface area contributed by atoms with E-state index < -0.39 is 11.6 Å². The summed E-state index contributed by atoms with van der Waals surface area (Å²) in [4.78, 5) is 3.82. The van der Waals surface area contributed by atoms with Crippen molar-refractivity contribution < 1.29 is 8.78 Å². The quantitative estimate of drug-likeness (QED) is 0.711. The van der Waals surface area contributed by atoms with Crippen molar-refractivity contribution in [1.29, 1.82) is 0 Å².